The molecule has 0 fully saturated rings. The largest absolute Gasteiger partial charge is 0.464 e. The van der Waals surface area contributed by atoms with E-state index in [4.69, 9.17) is 9.47 Å². The molecular formula is C18H18N6O4. The number of para-hydroxylation sites is 2. The first-order chi connectivity index (χ1) is 13.6. The fourth-order valence-corrected chi connectivity index (χ4v) is 3.23. The lowest BCUT2D eigenvalue weighted by molar-refractivity contribution is 0.0593. The number of fused-ring (bicyclic) bond motifs is 3. The molecule has 28 heavy (non-hydrogen) atoms. The van der Waals surface area contributed by atoms with Crippen molar-refractivity contribution < 1.29 is 14.3 Å². The van der Waals surface area contributed by atoms with Gasteiger partial charge in [0, 0.05) is 13.7 Å². The van der Waals surface area contributed by atoms with Crippen molar-refractivity contribution in [1.29, 1.82) is 0 Å². The number of benzene rings is 1. The molecule has 1 aromatic carbocycles. The Morgan fingerprint density at radius 3 is 2.64 bits per heavy atom. The molecule has 3 aromatic heterocycles. The van der Waals surface area contributed by atoms with Crippen molar-refractivity contribution in [2.24, 2.45) is 0 Å². The van der Waals surface area contributed by atoms with Crippen molar-refractivity contribution in [3.63, 3.8) is 0 Å². The van der Waals surface area contributed by atoms with Gasteiger partial charge in [0.15, 0.2) is 17.0 Å². The maximum atomic E-state index is 13.3. The summed E-state index contributed by atoms with van der Waals surface area (Å²) in [6, 6.07) is 7.55. The molecule has 0 saturated heterocycles. The number of carbonyl (C=O) groups excluding carboxylic acids is 1. The second-order valence-electron chi connectivity index (χ2n) is 6.15. The van der Waals surface area contributed by atoms with Gasteiger partial charge in [-0.25, -0.2) is 9.78 Å². The molecule has 4 rings (SSSR count). The molecule has 0 radical (unpaired) electrons. The Morgan fingerprint density at radius 1 is 1.18 bits per heavy atom. The summed E-state index contributed by atoms with van der Waals surface area (Å²) < 4.78 is 14.6. The predicted octanol–water partition coefficient (Wildman–Crippen LogP) is 0.971. The number of hydrogen-bond donors (Lipinski definition) is 0. The van der Waals surface area contributed by atoms with Crippen molar-refractivity contribution in [1.82, 2.24) is 28.9 Å². The topological polar surface area (TPSA) is 106 Å². The summed E-state index contributed by atoms with van der Waals surface area (Å²) in [7, 11) is 2.86. The zero-order chi connectivity index (χ0) is 19.8. The lowest BCUT2D eigenvalue weighted by atomic mass is 10.2. The van der Waals surface area contributed by atoms with Gasteiger partial charge in [0.1, 0.15) is 6.33 Å². The lowest BCUT2D eigenvalue weighted by Crippen LogP contribution is -2.25. The van der Waals surface area contributed by atoms with Gasteiger partial charge in [0.05, 0.1) is 30.4 Å². The van der Waals surface area contributed by atoms with Crippen molar-refractivity contribution in [2.45, 2.75) is 13.5 Å². The molecular weight excluding hydrogens is 364 g/mol. The minimum Gasteiger partial charge on any atom is -0.464 e. The number of imidazole rings is 1. The third-order valence-electron chi connectivity index (χ3n) is 4.62. The van der Waals surface area contributed by atoms with E-state index in [0.29, 0.717) is 30.2 Å². The average molecular weight is 382 g/mol. The van der Waals surface area contributed by atoms with E-state index in [1.807, 2.05) is 24.3 Å². The number of methoxy groups -OCH3 is 2. The van der Waals surface area contributed by atoms with E-state index in [0.717, 1.165) is 11.0 Å². The van der Waals surface area contributed by atoms with Crippen LogP contribution in [0, 0.1) is 6.92 Å². The Labute approximate surface area is 158 Å². The third-order valence-corrected chi connectivity index (χ3v) is 4.62. The molecule has 0 spiro atoms. The lowest BCUT2D eigenvalue weighted by Gasteiger charge is -2.12. The Morgan fingerprint density at radius 2 is 1.93 bits per heavy atom. The van der Waals surface area contributed by atoms with Crippen LogP contribution in [0.3, 0.4) is 0 Å². The highest BCUT2D eigenvalue weighted by molar-refractivity contribution is 5.88. The van der Waals surface area contributed by atoms with Gasteiger partial charge >= 0.3 is 5.97 Å². The predicted molar refractivity (Wildman–Crippen MR) is 99.8 cm³/mol. The standard InChI is InChI=1S/C18H18N6O4/c1-11-14(18(26)28-3)20-21-24(11)16-15-17(25)22(8-9-27-2)12-6-4-5-7-13(12)23(15)10-19-16/h4-7,10H,8-9H2,1-3H3. The Balaban J connectivity index is 2.03. The fourth-order valence-electron chi connectivity index (χ4n) is 3.23. The maximum Gasteiger partial charge on any atom is 0.360 e. The molecule has 10 heteroatoms. The smallest absolute Gasteiger partial charge is 0.360 e. The molecule has 0 aliphatic rings. The monoisotopic (exact) mass is 382 g/mol. The zero-order valence-corrected chi connectivity index (χ0v) is 15.6. The van der Waals surface area contributed by atoms with Crippen molar-refractivity contribution >= 4 is 22.5 Å². The van der Waals surface area contributed by atoms with E-state index in [1.54, 1.807) is 29.3 Å². The molecule has 0 aliphatic carbocycles. The quantitative estimate of drug-likeness (QED) is 0.474. The number of aromatic nitrogens is 6. The van der Waals surface area contributed by atoms with Gasteiger partial charge in [0.2, 0.25) is 0 Å². The Hall–Kier alpha value is -3.53. The first kappa shape index (κ1) is 17.9. The zero-order valence-electron chi connectivity index (χ0n) is 15.6. The molecule has 144 valence electrons. The second-order valence-corrected chi connectivity index (χ2v) is 6.15. The van der Waals surface area contributed by atoms with Crippen molar-refractivity contribution in [2.75, 3.05) is 20.8 Å². The number of carbonyl (C=O) groups is 1. The van der Waals surface area contributed by atoms with Crippen molar-refractivity contribution in [3.8, 4) is 5.82 Å². The van der Waals surface area contributed by atoms with Gasteiger partial charge in [-0.05, 0) is 19.1 Å². The number of esters is 1. The van der Waals surface area contributed by atoms with Crippen LogP contribution in [0.4, 0.5) is 0 Å². The highest BCUT2D eigenvalue weighted by Gasteiger charge is 2.23. The minimum absolute atomic E-state index is 0.0733. The van der Waals surface area contributed by atoms with Crippen LogP contribution in [-0.4, -0.2) is 55.7 Å². The second kappa shape index (κ2) is 6.89. The number of hydrogen-bond acceptors (Lipinski definition) is 7. The van der Waals surface area contributed by atoms with Gasteiger partial charge in [-0.15, -0.1) is 5.10 Å². The first-order valence-electron chi connectivity index (χ1n) is 8.57. The maximum absolute atomic E-state index is 13.3. The van der Waals surface area contributed by atoms with Crippen LogP contribution >= 0.6 is 0 Å². The molecule has 0 atom stereocenters. The molecule has 0 bridgehead atoms. The highest BCUT2D eigenvalue weighted by Crippen LogP contribution is 2.20. The van der Waals surface area contributed by atoms with Crippen LogP contribution in [0.1, 0.15) is 16.2 Å². The van der Waals surface area contributed by atoms with E-state index < -0.39 is 5.97 Å². The van der Waals surface area contributed by atoms with Gasteiger partial charge in [-0.3, -0.25) is 9.20 Å². The summed E-state index contributed by atoms with van der Waals surface area (Å²) in [5, 5.41) is 7.88. The molecule has 0 amide bonds. The van der Waals surface area contributed by atoms with Crippen LogP contribution in [0.25, 0.3) is 22.4 Å². The van der Waals surface area contributed by atoms with Crippen LogP contribution in [0.15, 0.2) is 35.4 Å². The molecule has 0 saturated carbocycles. The molecule has 0 aliphatic heterocycles. The van der Waals surface area contributed by atoms with E-state index in [2.05, 4.69) is 15.3 Å². The van der Waals surface area contributed by atoms with Crippen molar-refractivity contribution in [3.05, 3.63) is 52.3 Å². The van der Waals surface area contributed by atoms with E-state index in [9.17, 15) is 9.59 Å². The normalized spacial score (nSPS) is 11.4. The summed E-state index contributed by atoms with van der Waals surface area (Å²) in [4.78, 5) is 29.5. The average Bonchev–Trinajstić information content (AvgIpc) is 3.31. The SMILES string of the molecule is COCCn1c(=O)c2c(-n3nnc(C(=O)OC)c3C)ncn2c2ccccc21. The summed E-state index contributed by atoms with van der Waals surface area (Å²) in [5.41, 5.74) is 2.19. The summed E-state index contributed by atoms with van der Waals surface area (Å²) in [6.07, 6.45) is 1.56. The van der Waals surface area contributed by atoms with Crippen LogP contribution < -0.4 is 5.56 Å². The highest BCUT2D eigenvalue weighted by atomic mass is 16.5. The van der Waals surface area contributed by atoms with Gasteiger partial charge in [0.25, 0.3) is 5.56 Å². The number of ether oxygens (including phenoxy) is 2. The summed E-state index contributed by atoms with van der Waals surface area (Å²) >= 11 is 0. The van der Waals surface area contributed by atoms with Crippen LogP contribution in [-0.2, 0) is 16.0 Å². The van der Waals surface area contributed by atoms with Gasteiger partial charge < -0.3 is 14.0 Å². The van der Waals surface area contributed by atoms with E-state index in [1.165, 1.54) is 11.8 Å². The minimum atomic E-state index is -0.602. The fraction of sp³-hybridized carbons (Fsp3) is 0.278. The number of nitrogens with zero attached hydrogens (tertiary/aromatic N) is 6. The van der Waals surface area contributed by atoms with E-state index in [-0.39, 0.29) is 11.3 Å². The molecule has 3 heterocycles. The molecule has 0 unspecified atom stereocenters. The van der Waals surface area contributed by atoms with E-state index >= 15 is 0 Å². The summed E-state index contributed by atoms with van der Waals surface area (Å²) in [6.45, 7) is 2.45. The third kappa shape index (κ3) is 2.57. The number of rotatable bonds is 5. The Kier molecular flexibility index (Phi) is 4.40. The first-order valence-corrected chi connectivity index (χ1v) is 8.57. The van der Waals surface area contributed by atoms with Crippen LogP contribution in [0.5, 0.6) is 0 Å². The van der Waals surface area contributed by atoms with Gasteiger partial charge in [-0.1, -0.05) is 17.3 Å². The Bertz CT molecular complexity index is 1250. The summed E-state index contributed by atoms with van der Waals surface area (Å²) in [5.74, 6) is -0.308. The van der Waals surface area contributed by atoms with Crippen LogP contribution in [0.2, 0.25) is 0 Å². The molecule has 4 aromatic rings. The molecule has 0 N–H and O–H groups in total. The van der Waals surface area contributed by atoms with Gasteiger partial charge in [-0.2, -0.15) is 4.68 Å². The molecule has 10 nitrogen and oxygen atoms in total.